The summed E-state index contributed by atoms with van der Waals surface area (Å²) in [6.45, 7) is 2.25. The molecule has 0 saturated heterocycles. The van der Waals surface area contributed by atoms with Gasteiger partial charge in [0.05, 0.1) is 6.61 Å². The molecule has 5 nitrogen and oxygen atoms in total. The highest BCUT2D eigenvalue weighted by atomic mass is 16.5. The third-order valence-electron chi connectivity index (χ3n) is 3.77. The molecule has 0 bridgehead atoms. The van der Waals surface area contributed by atoms with Crippen LogP contribution in [0.3, 0.4) is 0 Å². The number of carboxylic acid groups (broad SMARTS) is 1. The van der Waals surface area contributed by atoms with Crippen LogP contribution in [0.5, 0.6) is 0 Å². The van der Waals surface area contributed by atoms with E-state index < -0.39 is 23.9 Å². The molecule has 5 heteroatoms. The summed E-state index contributed by atoms with van der Waals surface area (Å²) in [5.74, 6) is -2.84. The maximum atomic E-state index is 12.3. The van der Waals surface area contributed by atoms with Crippen LogP contribution in [0.2, 0.25) is 0 Å². The number of benzene rings is 2. The molecule has 2 atom stereocenters. The van der Waals surface area contributed by atoms with Crippen LogP contribution < -0.4 is 5.73 Å². The fourth-order valence-corrected chi connectivity index (χ4v) is 2.44. The predicted molar refractivity (Wildman–Crippen MR) is 88.2 cm³/mol. The van der Waals surface area contributed by atoms with Crippen molar-refractivity contribution < 1.29 is 19.4 Å². The Bertz CT molecular complexity index is 698. The molecule has 2 aromatic carbocycles. The number of rotatable bonds is 7. The molecule has 0 aliphatic heterocycles. The van der Waals surface area contributed by atoms with Crippen molar-refractivity contribution in [1.82, 2.24) is 0 Å². The molecule has 0 heterocycles. The van der Waals surface area contributed by atoms with E-state index >= 15 is 0 Å². The van der Waals surface area contributed by atoms with Gasteiger partial charge in [0.2, 0.25) is 0 Å². The standard InChI is InChI=1S/C18H21NO4/c1-2-3-10-23-18(22)15(16(19)17(20)21)14-9-8-12-6-4-5-7-13(12)11-14/h4-9,11,15-16H,2-3,10,19H2,1H3,(H,20,21)/t15?,16-/m0/s1. The zero-order chi connectivity index (χ0) is 16.8. The molecule has 0 amide bonds. The lowest BCUT2D eigenvalue weighted by atomic mass is 9.90. The van der Waals surface area contributed by atoms with Crippen LogP contribution >= 0.6 is 0 Å². The molecular weight excluding hydrogens is 294 g/mol. The highest BCUT2D eigenvalue weighted by molar-refractivity contribution is 5.90. The van der Waals surface area contributed by atoms with E-state index in [-0.39, 0.29) is 6.61 Å². The van der Waals surface area contributed by atoms with Gasteiger partial charge in [-0.05, 0) is 22.8 Å². The van der Waals surface area contributed by atoms with Crippen molar-refractivity contribution in [2.75, 3.05) is 6.61 Å². The summed E-state index contributed by atoms with van der Waals surface area (Å²) in [4.78, 5) is 23.6. The smallest absolute Gasteiger partial charge is 0.321 e. The van der Waals surface area contributed by atoms with Gasteiger partial charge in [-0.3, -0.25) is 9.59 Å². The number of unbranched alkanes of at least 4 members (excludes halogenated alkanes) is 1. The first kappa shape index (κ1) is 17.0. The number of esters is 1. The van der Waals surface area contributed by atoms with Gasteiger partial charge in [0.25, 0.3) is 0 Å². The highest BCUT2D eigenvalue weighted by Crippen LogP contribution is 2.25. The van der Waals surface area contributed by atoms with Gasteiger partial charge in [-0.1, -0.05) is 55.8 Å². The van der Waals surface area contributed by atoms with Crippen molar-refractivity contribution in [3.05, 3.63) is 48.0 Å². The van der Waals surface area contributed by atoms with Crippen LogP contribution in [0.1, 0.15) is 31.2 Å². The van der Waals surface area contributed by atoms with E-state index in [0.717, 1.165) is 23.6 Å². The summed E-state index contributed by atoms with van der Waals surface area (Å²) in [6, 6.07) is 11.7. The second kappa shape index (κ2) is 7.74. The summed E-state index contributed by atoms with van der Waals surface area (Å²) in [6.07, 6.45) is 1.62. The zero-order valence-electron chi connectivity index (χ0n) is 13.1. The Kier molecular flexibility index (Phi) is 5.71. The summed E-state index contributed by atoms with van der Waals surface area (Å²) >= 11 is 0. The third kappa shape index (κ3) is 4.07. The number of carboxylic acids is 1. The van der Waals surface area contributed by atoms with E-state index in [1.807, 2.05) is 37.3 Å². The van der Waals surface area contributed by atoms with Crippen LogP contribution in [0.4, 0.5) is 0 Å². The minimum Gasteiger partial charge on any atom is -0.480 e. The number of fused-ring (bicyclic) bond motifs is 1. The lowest BCUT2D eigenvalue weighted by molar-refractivity contribution is -0.151. The van der Waals surface area contributed by atoms with E-state index in [1.165, 1.54) is 0 Å². The van der Waals surface area contributed by atoms with Gasteiger partial charge in [-0.25, -0.2) is 0 Å². The van der Waals surface area contributed by atoms with Crippen molar-refractivity contribution in [2.45, 2.75) is 31.7 Å². The fourth-order valence-electron chi connectivity index (χ4n) is 2.44. The van der Waals surface area contributed by atoms with Crippen LogP contribution in [0.25, 0.3) is 10.8 Å². The number of carbonyl (C=O) groups is 2. The van der Waals surface area contributed by atoms with Crippen LogP contribution in [0, 0.1) is 0 Å². The average Bonchev–Trinajstić information content (AvgIpc) is 2.55. The van der Waals surface area contributed by atoms with E-state index in [2.05, 4.69) is 0 Å². The molecule has 23 heavy (non-hydrogen) atoms. The van der Waals surface area contributed by atoms with Gasteiger partial charge in [-0.2, -0.15) is 0 Å². The number of hydrogen-bond donors (Lipinski definition) is 2. The summed E-state index contributed by atoms with van der Waals surface area (Å²) in [7, 11) is 0. The normalized spacial score (nSPS) is 13.5. The molecule has 0 saturated carbocycles. The maximum Gasteiger partial charge on any atom is 0.321 e. The molecule has 3 N–H and O–H groups in total. The first-order valence-electron chi connectivity index (χ1n) is 7.68. The van der Waals surface area contributed by atoms with E-state index in [9.17, 15) is 14.7 Å². The van der Waals surface area contributed by atoms with Crippen molar-refractivity contribution in [3.8, 4) is 0 Å². The highest BCUT2D eigenvalue weighted by Gasteiger charge is 2.33. The molecule has 2 aromatic rings. The lowest BCUT2D eigenvalue weighted by Crippen LogP contribution is -2.41. The maximum absolute atomic E-state index is 12.3. The Balaban J connectivity index is 2.34. The van der Waals surface area contributed by atoms with Gasteiger partial charge in [-0.15, -0.1) is 0 Å². The second-order valence-electron chi connectivity index (χ2n) is 5.47. The molecule has 0 aliphatic carbocycles. The Hall–Kier alpha value is -2.40. The molecular formula is C18H21NO4. The SMILES string of the molecule is CCCCOC(=O)C(c1ccc2ccccc2c1)[C@H](N)C(=O)O. The molecule has 0 aromatic heterocycles. The molecule has 1 unspecified atom stereocenters. The zero-order valence-corrected chi connectivity index (χ0v) is 13.1. The summed E-state index contributed by atoms with van der Waals surface area (Å²) in [5.41, 5.74) is 6.30. The van der Waals surface area contributed by atoms with Crippen molar-refractivity contribution in [2.24, 2.45) is 5.73 Å². The molecule has 0 fully saturated rings. The number of ether oxygens (including phenoxy) is 1. The number of carbonyl (C=O) groups excluding carboxylic acids is 1. The largest absolute Gasteiger partial charge is 0.480 e. The number of aliphatic carboxylic acids is 1. The van der Waals surface area contributed by atoms with Gasteiger partial charge < -0.3 is 15.6 Å². The summed E-state index contributed by atoms with van der Waals surface area (Å²) < 4.78 is 5.20. The third-order valence-corrected chi connectivity index (χ3v) is 3.77. The van der Waals surface area contributed by atoms with E-state index in [0.29, 0.717) is 5.56 Å². The van der Waals surface area contributed by atoms with Crippen LogP contribution in [0.15, 0.2) is 42.5 Å². The van der Waals surface area contributed by atoms with Crippen molar-refractivity contribution in [1.29, 1.82) is 0 Å². The molecule has 122 valence electrons. The average molecular weight is 315 g/mol. The number of hydrogen-bond acceptors (Lipinski definition) is 4. The molecule has 0 spiro atoms. The number of nitrogens with two attached hydrogens (primary N) is 1. The van der Waals surface area contributed by atoms with Crippen LogP contribution in [-0.2, 0) is 14.3 Å². The van der Waals surface area contributed by atoms with Gasteiger partial charge in [0.15, 0.2) is 0 Å². The van der Waals surface area contributed by atoms with E-state index in [1.54, 1.807) is 12.1 Å². The monoisotopic (exact) mass is 315 g/mol. The Morgan fingerprint density at radius 1 is 1.17 bits per heavy atom. The Labute approximate surface area is 135 Å². The second-order valence-corrected chi connectivity index (χ2v) is 5.47. The topological polar surface area (TPSA) is 89.6 Å². The first-order valence-corrected chi connectivity index (χ1v) is 7.68. The minimum atomic E-state index is -1.34. The van der Waals surface area contributed by atoms with Crippen molar-refractivity contribution in [3.63, 3.8) is 0 Å². The lowest BCUT2D eigenvalue weighted by Gasteiger charge is -2.20. The van der Waals surface area contributed by atoms with Crippen LogP contribution in [-0.4, -0.2) is 29.7 Å². The summed E-state index contributed by atoms with van der Waals surface area (Å²) in [5, 5.41) is 11.2. The van der Waals surface area contributed by atoms with Gasteiger partial charge in [0.1, 0.15) is 12.0 Å². The predicted octanol–water partition coefficient (Wildman–Crippen LogP) is 2.68. The quantitative estimate of drug-likeness (QED) is 0.605. The van der Waals surface area contributed by atoms with E-state index in [4.69, 9.17) is 10.5 Å². The van der Waals surface area contributed by atoms with Crippen molar-refractivity contribution >= 4 is 22.7 Å². The Morgan fingerprint density at radius 2 is 1.87 bits per heavy atom. The Morgan fingerprint density at radius 3 is 2.52 bits per heavy atom. The molecule has 0 radical (unpaired) electrons. The fraction of sp³-hybridized carbons (Fsp3) is 0.333. The molecule has 2 rings (SSSR count). The van der Waals surface area contributed by atoms with Gasteiger partial charge >= 0.3 is 11.9 Å². The van der Waals surface area contributed by atoms with Gasteiger partial charge in [0, 0.05) is 0 Å². The minimum absolute atomic E-state index is 0.270. The molecule has 0 aliphatic rings. The first-order chi connectivity index (χ1) is 11.0.